The van der Waals surface area contributed by atoms with Crippen molar-refractivity contribution in [3.05, 3.63) is 55.9 Å². The van der Waals surface area contributed by atoms with Gasteiger partial charge < -0.3 is 15.2 Å². The average molecular weight is 399 g/mol. The van der Waals surface area contributed by atoms with Gasteiger partial charge in [-0.15, -0.1) is 0 Å². The predicted molar refractivity (Wildman–Crippen MR) is 90.5 cm³/mol. The van der Waals surface area contributed by atoms with Crippen molar-refractivity contribution < 1.29 is 27.8 Å². The van der Waals surface area contributed by atoms with E-state index in [1.807, 2.05) is 0 Å². The molecule has 8 nitrogen and oxygen atoms in total. The highest BCUT2D eigenvalue weighted by atomic mass is 19.4. The summed E-state index contributed by atoms with van der Waals surface area (Å²) in [5.41, 5.74) is -1.19. The lowest BCUT2D eigenvalue weighted by atomic mass is 9.87. The lowest BCUT2D eigenvalue weighted by Crippen LogP contribution is -2.35. The van der Waals surface area contributed by atoms with Crippen LogP contribution in [-0.2, 0) is 6.42 Å². The number of aromatic amines is 2. The molecule has 0 fully saturated rings. The van der Waals surface area contributed by atoms with E-state index in [-0.39, 0.29) is 5.75 Å². The summed E-state index contributed by atoms with van der Waals surface area (Å²) < 4.78 is 41.6. The molecule has 1 heterocycles. The number of hydrogen-bond donors (Lipinski definition) is 4. The number of aryl methyl sites for hydroxylation is 1. The summed E-state index contributed by atoms with van der Waals surface area (Å²) in [6.45, 7) is -1.40. The monoisotopic (exact) mass is 399 g/mol. The number of alkyl halides is 3. The van der Waals surface area contributed by atoms with E-state index >= 15 is 0 Å². The van der Waals surface area contributed by atoms with Crippen LogP contribution >= 0.6 is 0 Å². The Bertz CT molecular complexity index is 1010. The van der Waals surface area contributed by atoms with Crippen LogP contribution in [0.25, 0.3) is 0 Å². The first-order valence-electron chi connectivity index (χ1n) is 8.33. The van der Waals surface area contributed by atoms with Crippen LogP contribution in [0.15, 0.2) is 27.8 Å². The van der Waals surface area contributed by atoms with E-state index < -0.39 is 47.4 Å². The van der Waals surface area contributed by atoms with Gasteiger partial charge in [0.05, 0.1) is 6.04 Å². The summed E-state index contributed by atoms with van der Waals surface area (Å²) in [5, 5.41) is 12.3. The fraction of sp³-hybridized carbons (Fsp3) is 0.353. The fourth-order valence-electron chi connectivity index (χ4n) is 3.07. The molecule has 1 amide bonds. The van der Waals surface area contributed by atoms with Gasteiger partial charge in [0.2, 0.25) is 5.75 Å². The molecule has 3 rings (SSSR count). The number of aromatic hydroxyl groups is 1. The number of hydrogen-bond acceptors (Lipinski definition) is 5. The van der Waals surface area contributed by atoms with E-state index in [4.69, 9.17) is 4.74 Å². The minimum atomic E-state index is -4.45. The zero-order chi connectivity index (χ0) is 20.5. The molecular formula is C17H16F3N3O5. The Balaban J connectivity index is 1.80. The van der Waals surface area contributed by atoms with Gasteiger partial charge >= 0.3 is 11.9 Å². The second kappa shape index (κ2) is 7.41. The Morgan fingerprint density at radius 1 is 1.29 bits per heavy atom. The minimum Gasteiger partial charge on any atom is -0.501 e. The van der Waals surface area contributed by atoms with Crippen LogP contribution < -0.4 is 21.3 Å². The number of carbonyl (C=O) groups is 1. The fourth-order valence-corrected chi connectivity index (χ4v) is 3.07. The van der Waals surface area contributed by atoms with Crippen molar-refractivity contribution in [1.82, 2.24) is 15.3 Å². The van der Waals surface area contributed by atoms with Gasteiger partial charge in [-0.25, -0.2) is 4.79 Å². The van der Waals surface area contributed by atoms with Crippen molar-refractivity contribution in [2.45, 2.75) is 31.5 Å². The Morgan fingerprint density at radius 2 is 2.04 bits per heavy atom. The molecule has 150 valence electrons. The van der Waals surface area contributed by atoms with E-state index in [0.717, 1.165) is 5.56 Å². The maximum atomic E-state index is 12.4. The van der Waals surface area contributed by atoms with Crippen LogP contribution in [0.3, 0.4) is 0 Å². The number of aromatic nitrogens is 2. The number of benzene rings is 1. The van der Waals surface area contributed by atoms with Crippen LogP contribution in [0, 0.1) is 0 Å². The molecule has 1 aliphatic rings. The number of nitrogens with one attached hydrogen (secondary N) is 3. The lowest BCUT2D eigenvalue weighted by Gasteiger charge is -2.27. The number of rotatable bonds is 4. The smallest absolute Gasteiger partial charge is 0.422 e. The molecule has 0 radical (unpaired) electrons. The highest BCUT2D eigenvalue weighted by Gasteiger charge is 2.29. The molecule has 4 N–H and O–H groups in total. The zero-order valence-corrected chi connectivity index (χ0v) is 14.4. The second-order valence-corrected chi connectivity index (χ2v) is 6.31. The molecule has 0 spiro atoms. The van der Waals surface area contributed by atoms with E-state index in [1.54, 1.807) is 11.1 Å². The molecule has 1 aromatic heterocycles. The van der Waals surface area contributed by atoms with Crippen molar-refractivity contribution in [3.8, 4) is 11.5 Å². The summed E-state index contributed by atoms with van der Waals surface area (Å²) in [5.74, 6) is -1.69. The topological polar surface area (TPSA) is 124 Å². The van der Waals surface area contributed by atoms with Gasteiger partial charge in [0, 0.05) is 0 Å². The van der Waals surface area contributed by atoms with E-state index in [2.05, 4.69) is 10.3 Å². The molecule has 1 aromatic carbocycles. The Hall–Kier alpha value is -3.24. The predicted octanol–water partition coefficient (Wildman–Crippen LogP) is 1.52. The molecule has 0 aliphatic heterocycles. The third-order valence-electron chi connectivity index (χ3n) is 4.28. The second-order valence-electron chi connectivity index (χ2n) is 6.31. The van der Waals surface area contributed by atoms with Gasteiger partial charge in [-0.1, -0.05) is 6.07 Å². The largest absolute Gasteiger partial charge is 0.501 e. The van der Waals surface area contributed by atoms with Gasteiger partial charge in [0.25, 0.3) is 11.5 Å². The molecule has 1 unspecified atom stereocenters. The summed E-state index contributed by atoms with van der Waals surface area (Å²) in [6, 6.07) is 3.93. The molecule has 1 atom stereocenters. The van der Waals surface area contributed by atoms with Gasteiger partial charge in [0.1, 0.15) is 5.75 Å². The van der Waals surface area contributed by atoms with Crippen LogP contribution in [-0.4, -0.2) is 33.8 Å². The van der Waals surface area contributed by atoms with Crippen molar-refractivity contribution >= 4 is 5.91 Å². The van der Waals surface area contributed by atoms with Crippen molar-refractivity contribution in [2.24, 2.45) is 0 Å². The summed E-state index contributed by atoms with van der Waals surface area (Å²) in [7, 11) is 0. The molecular weight excluding hydrogens is 383 g/mol. The zero-order valence-electron chi connectivity index (χ0n) is 14.4. The van der Waals surface area contributed by atoms with Gasteiger partial charge in [-0.05, 0) is 42.5 Å². The number of halogens is 3. The highest BCUT2D eigenvalue weighted by molar-refractivity contribution is 5.94. The normalized spacial score (nSPS) is 16.3. The Morgan fingerprint density at radius 3 is 2.75 bits per heavy atom. The number of ether oxygens (including phenoxy) is 1. The number of amides is 1. The number of fused-ring (bicyclic) bond motifs is 1. The van der Waals surface area contributed by atoms with E-state index in [0.29, 0.717) is 24.8 Å². The average Bonchev–Trinajstić information content (AvgIpc) is 2.62. The van der Waals surface area contributed by atoms with Gasteiger partial charge in [-0.3, -0.25) is 19.6 Å². The summed E-state index contributed by atoms with van der Waals surface area (Å²) in [6.07, 6.45) is -2.66. The first-order chi connectivity index (χ1) is 13.1. The van der Waals surface area contributed by atoms with Crippen LogP contribution in [0.2, 0.25) is 0 Å². The maximum Gasteiger partial charge on any atom is 0.422 e. The van der Waals surface area contributed by atoms with Crippen LogP contribution in [0.4, 0.5) is 13.2 Å². The molecule has 0 saturated heterocycles. The minimum absolute atomic E-state index is 0.0691. The van der Waals surface area contributed by atoms with Gasteiger partial charge in [0.15, 0.2) is 12.3 Å². The van der Waals surface area contributed by atoms with Crippen LogP contribution in [0.1, 0.15) is 40.5 Å². The maximum absolute atomic E-state index is 12.4. The number of carbonyl (C=O) groups excluding carboxylic acids is 1. The summed E-state index contributed by atoms with van der Waals surface area (Å²) >= 11 is 0. The third kappa shape index (κ3) is 4.35. The summed E-state index contributed by atoms with van der Waals surface area (Å²) in [4.78, 5) is 39.0. The Labute approximate surface area is 155 Å². The Kier molecular flexibility index (Phi) is 5.16. The van der Waals surface area contributed by atoms with Gasteiger partial charge in [-0.2, -0.15) is 13.2 Å². The molecule has 1 aliphatic carbocycles. The highest BCUT2D eigenvalue weighted by Crippen LogP contribution is 2.33. The standard InChI is InChI=1S/C17H16F3N3O5/c18-17(19,20)7-28-9-4-5-10-8(6-9)2-1-3-11(10)21-14(25)12-13(24)15(26)23-16(27)22-12/h4-6,11,24H,1-3,7H2,(H,21,25)(H2,22,23,26,27). The molecule has 2 aromatic rings. The van der Waals surface area contributed by atoms with E-state index in [9.17, 15) is 32.7 Å². The molecule has 0 saturated carbocycles. The van der Waals surface area contributed by atoms with Crippen molar-refractivity contribution in [1.29, 1.82) is 0 Å². The third-order valence-corrected chi connectivity index (χ3v) is 4.28. The van der Waals surface area contributed by atoms with E-state index in [1.165, 1.54) is 12.1 Å². The van der Waals surface area contributed by atoms with Crippen molar-refractivity contribution in [3.63, 3.8) is 0 Å². The van der Waals surface area contributed by atoms with Crippen molar-refractivity contribution in [2.75, 3.05) is 6.61 Å². The molecule has 0 bridgehead atoms. The molecule has 28 heavy (non-hydrogen) atoms. The molecule has 11 heteroatoms. The quantitative estimate of drug-likeness (QED) is 0.621. The first kappa shape index (κ1) is 19.5. The lowest BCUT2D eigenvalue weighted by molar-refractivity contribution is -0.153. The number of H-pyrrole nitrogens is 2. The van der Waals surface area contributed by atoms with Crippen LogP contribution in [0.5, 0.6) is 11.5 Å². The SMILES string of the molecule is O=C(NC1CCCc2cc(OCC(F)(F)F)ccc21)c1[nH]c(=O)[nH]c(=O)c1O. The first-order valence-corrected chi connectivity index (χ1v) is 8.33.